The predicted octanol–water partition coefficient (Wildman–Crippen LogP) is 4.94. The second-order valence-electron chi connectivity index (χ2n) is 12.1. The van der Waals surface area contributed by atoms with Crippen LogP contribution in [-0.2, 0) is 11.2 Å². The lowest BCUT2D eigenvalue weighted by Gasteiger charge is -2.34. The maximum absolute atomic E-state index is 16.6. The van der Waals surface area contributed by atoms with E-state index in [1.807, 2.05) is 11.9 Å². The number of halogens is 3. The molecule has 43 heavy (non-hydrogen) atoms. The number of likely N-dealkylation sites (tertiary alicyclic amines) is 1. The fourth-order valence-electron chi connectivity index (χ4n) is 6.60. The summed E-state index contributed by atoms with van der Waals surface area (Å²) in [7, 11) is 1.86. The number of nitrogens with one attached hydrogen (secondary N) is 1. The standard InChI is InChI=1S/C31H38ClF2N7O2/c1-40-16-19(33)11-21(40)17-43-31-38-29-24-14-37-28(27(29)34)23-12-20(35)13-25(32)22(23)6-2-3-7-26(42)36-9-8-18-5-4-10-41(15-18)30(24)39-31/h12-14,18-19,21H,2-11,15-17,35H2,1H3,(H,36,42). The lowest BCUT2D eigenvalue weighted by atomic mass is 9.94. The van der Waals surface area contributed by atoms with Crippen molar-refractivity contribution in [2.75, 3.05) is 50.5 Å². The number of hydrogen-bond acceptors (Lipinski definition) is 8. The highest BCUT2D eigenvalue weighted by molar-refractivity contribution is 6.32. The maximum atomic E-state index is 16.6. The van der Waals surface area contributed by atoms with Crippen LogP contribution in [-0.4, -0.2) is 77.8 Å². The van der Waals surface area contributed by atoms with Gasteiger partial charge in [0.1, 0.15) is 29.8 Å². The molecule has 3 aromatic rings. The average molecular weight is 614 g/mol. The number of fused-ring (bicyclic) bond motifs is 8. The summed E-state index contributed by atoms with van der Waals surface area (Å²) in [4.78, 5) is 30.5. The smallest absolute Gasteiger partial charge is 0.319 e. The number of aromatic nitrogens is 3. The number of ether oxygens (including phenoxy) is 1. The van der Waals surface area contributed by atoms with E-state index >= 15 is 4.39 Å². The van der Waals surface area contributed by atoms with Gasteiger partial charge in [0, 0.05) is 61.1 Å². The minimum absolute atomic E-state index is 0.0336. The number of nitrogens with zero attached hydrogens (tertiary/aromatic N) is 5. The quantitative estimate of drug-likeness (QED) is 0.400. The van der Waals surface area contributed by atoms with Crippen LogP contribution in [0.15, 0.2) is 18.3 Å². The Morgan fingerprint density at radius 3 is 2.81 bits per heavy atom. The molecule has 1 amide bonds. The van der Waals surface area contributed by atoms with Crippen LogP contribution in [0.5, 0.6) is 6.01 Å². The van der Waals surface area contributed by atoms with E-state index in [-0.39, 0.29) is 35.8 Å². The molecule has 3 N–H and O–H groups in total. The third-order valence-electron chi connectivity index (χ3n) is 8.93. The Labute approximate surface area is 255 Å². The Balaban J connectivity index is 1.46. The van der Waals surface area contributed by atoms with Crippen LogP contribution in [0.1, 0.15) is 50.5 Å². The number of amides is 1. The van der Waals surface area contributed by atoms with Gasteiger partial charge in [-0.2, -0.15) is 9.97 Å². The molecule has 0 spiro atoms. The first-order valence-corrected chi connectivity index (χ1v) is 15.6. The number of anilines is 2. The molecule has 2 aromatic heterocycles. The van der Waals surface area contributed by atoms with Crippen LogP contribution in [0.3, 0.4) is 0 Å². The first-order chi connectivity index (χ1) is 20.8. The summed E-state index contributed by atoms with van der Waals surface area (Å²) in [6, 6.07) is 3.25. The molecule has 4 aliphatic rings. The lowest BCUT2D eigenvalue weighted by molar-refractivity contribution is -0.121. The van der Waals surface area contributed by atoms with Gasteiger partial charge in [0.15, 0.2) is 5.82 Å². The summed E-state index contributed by atoms with van der Waals surface area (Å²) in [5.41, 5.74) is 7.97. The molecule has 0 radical (unpaired) electrons. The van der Waals surface area contributed by atoms with E-state index in [1.54, 1.807) is 18.3 Å². The second kappa shape index (κ2) is 12.7. The normalized spacial score (nSPS) is 23.7. The summed E-state index contributed by atoms with van der Waals surface area (Å²) in [5.74, 6) is 0.322. The van der Waals surface area contributed by atoms with E-state index < -0.39 is 12.0 Å². The molecule has 12 heteroatoms. The van der Waals surface area contributed by atoms with Gasteiger partial charge >= 0.3 is 6.01 Å². The van der Waals surface area contributed by atoms with Crippen molar-refractivity contribution >= 4 is 39.9 Å². The Kier molecular flexibility index (Phi) is 8.81. The lowest BCUT2D eigenvalue weighted by Crippen LogP contribution is -2.38. The number of carbonyl (C=O) groups excluding carboxylic acids is 1. The number of carbonyl (C=O) groups is 1. The number of nitrogens with two attached hydrogens (primary N) is 1. The molecule has 3 atom stereocenters. The van der Waals surface area contributed by atoms with Gasteiger partial charge in [0.25, 0.3) is 0 Å². The molecular formula is C31H38ClF2N7O2. The number of piperidine rings is 1. The van der Waals surface area contributed by atoms with Crippen LogP contribution in [0.4, 0.5) is 20.3 Å². The number of rotatable bonds is 3. The van der Waals surface area contributed by atoms with Gasteiger partial charge in [-0.05, 0) is 75.6 Å². The van der Waals surface area contributed by atoms with Crippen LogP contribution in [0.2, 0.25) is 5.02 Å². The Morgan fingerprint density at radius 2 is 2.00 bits per heavy atom. The minimum Gasteiger partial charge on any atom is -0.462 e. The number of alkyl halides is 1. The maximum Gasteiger partial charge on any atom is 0.319 e. The van der Waals surface area contributed by atoms with Crippen LogP contribution < -0.4 is 20.7 Å². The van der Waals surface area contributed by atoms with E-state index in [2.05, 4.69) is 20.2 Å². The fraction of sp³-hybridized carbons (Fsp3) is 0.548. The van der Waals surface area contributed by atoms with Crippen molar-refractivity contribution in [1.82, 2.24) is 25.2 Å². The molecule has 9 nitrogen and oxygen atoms in total. The molecule has 2 saturated heterocycles. The monoisotopic (exact) mass is 613 g/mol. The molecule has 3 unspecified atom stereocenters. The van der Waals surface area contributed by atoms with Crippen molar-refractivity contribution in [3.8, 4) is 17.3 Å². The highest BCUT2D eigenvalue weighted by atomic mass is 35.5. The van der Waals surface area contributed by atoms with Gasteiger partial charge < -0.3 is 20.7 Å². The van der Waals surface area contributed by atoms with E-state index in [0.29, 0.717) is 85.1 Å². The average Bonchev–Trinajstić information content (AvgIpc) is 3.31. The van der Waals surface area contributed by atoms with Crippen molar-refractivity contribution in [2.45, 2.75) is 63.6 Å². The highest BCUT2D eigenvalue weighted by Crippen LogP contribution is 2.38. The van der Waals surface area contributed by atoms with Gasteiger partial charge in [-0.15, -0.1) is 0 Å². The Morgan fingerprint density at radius 1 is 1.16 bits per heavy atom. The summed E-state index contributed by atoms with van der Waals surface area (Å²) in [6.45, 7) is 2.59. The van der Waals surface area contributed by atoms with Crippen molar-refractivity contribution in [3.63, 3.8) is 0 Å². The van der Waals surface area contributed by atoms with Crippen molar-refractivity contribution in [2.24, 2.45) is 5.92 Å². The zero-order valence-electron chi connectivity index (χ0n) is 24.4. The molecule has 0 saturated carbocycles. The molecule has 6 bridgehead atoms. The first kappa shape index (κ1) is 29.7. The topological polar surface area (TPSA) is 109 Å². The summed E-state index contributed by atoms with van der Waals surface area (Å²) < 4.78 is 36.7. The number of nitrogen functional groups attached to an aromatic ring is 1. The van der Waals surface area contributed by atoms with E-state index in [0.717, 1.165) is 31.4 Å². The Hall–Kier alpha value is -3.31. The van der Waals surface area contributed by atoms with Crippen LogP contribution >= 0.6 is 11.6 Å². The van der Waals surface area contributed by atoms with Crippen molar-refractivity contribution in [3.05, 3.63) is 34.7 Å². The summed E-state index contributed by atoms with van der Waals surface area (Å²) >= 11 is 6.64. The minimum atomic E-state index is -0.910. The number of benzene rings is 1. The molecule has 4 aliphatic heterocycles. The van der Waals surface area contributed by atoms with Crippen LogP contribution in [0, 0.1) is 11.7 Å². The fourth-order valence-corrected chi connectivity index (χ4v) is 6.92. The van der Waals surface area contributed by atoms with E-state index in [1.165, 1.54) is 0 Å². The van der Waals surface area contributed by atoms with Gasteiger partial charge in [-0.3, -0.25) is 14.7 Å². The molecule has 1 aromatic carbocycles. The summed E-state index contributed by atoms with van der Waals surface area (Å²) in [5, 5.41) is 3.99. The molecule has 2 fully saturated rings. The van der Waals surface area contributed by atoms with Crippen molar-refractivity contribution < 1.29 is 18.3 Å². The van der Waals surface area contributed by atoms with Crippen LogP contribution in [0.25, 0.3) is 22.2 Å². The van der Waals surface area contributed by atoms with E-state index in [9.17, 15) is 9.18 Å². The van der Waals surface area contributed by atoms with Gasteiger partial charge in [0.05, 0.1) is 5.39 Å². The molecule has 0 aliphatic carbocycles. The SMILES string of the molecule is CN1CC(F)CC1COc1nc2c3cnc(c(F)c3n1)-c1cc(N)cc(Cl)c1CCCCC(=O)NCCC1CCCN2C1. The highest BCUT2D eigenvalue weighted by Gasteiger charge is 2.31. The molecule has 6 heterocycles. The van der Waals surface area contributed by atoms with Gasteiger partial charge in [-0.25, -0.2) is 8.78 Å². The first-order valence-electron chi connectivity index (χ1n) is 15.2. The van der Waals surface area contributed by atoms with E-state index in [4.69, 9.17) is 27.1 Å². The number of hydrogen-bond donors (Lipinski definition) is 2. The zero-order valence-corrected chi connectivity index (χ0v) is 25.2. The van der Waals surface area contributed by atoms with Gasteiger partial charge in [0.2, 0.25) is 5.91 Å². The largest absolute Gasteiger partial charge is 0.462 e. The third kappa shape index (κ3) is 6.47. The predicted molar refractivity (Wildman–Crippen MR) is 164 cm³/mol. The molecular weight excluding hydrogens is 576 g/mol. The number of pyridine rings is 1. The third-order valence-corrected chi connectivity index (χ3v) is 9.27. The molecule has 7 rings (SSSR count). The van der Waals surface area contributed by atoms with Crippen molar-refractivity contribution in [1.29, 1.82) is 0 Å². The second-order valence-corrected chi connectivity index (χ2v) is 12.5. The number of likely N-dealkylation sites (N-methyl/N-ethyl adjacent to an activating group) is 1. The zero-order chi connectivity index (χ0) is 30.1. The molecule has 230 valence electrons. The summed E-state index contributed by atoms with van der Waals surface area (Å²) in [6.07, 6.45) is 6.20. The van der Waals surface area contributed by atoms with Gasteiger partial charge in [-0.1, -0.05) is 11.6 Å². The Bertz CT molecular complexity index is 1510.